The van der Waals surface area contributed by atoms with Crippen LogP contribution in [-0.2, 0) is 16.3 Å². The van der Waals surface area contributed by atoms with Crippen molar-refractivity contribution in [3.63, 3.8) is 0 Å². The lowest BCUT2D eigenvalue weighted by molar-refractivity contribution is 0.315. The Balaban J connectivity index is 1.70. The van der Waals surface area contributed by atoms with E-state index in [4.69, 9.17) is 5.73 Å². The Hall–Kier alpha value is -2.11. The van der Waals surface area contributed by atoms with E-state index in [-0.39, 0.29) is 5.75 Å². The van der Waals surface area contributed by atoms with E-state index >= 15 is 0 Å². The molecule has 0 saturated carbocycles. The molecule has 0 unspecified atom stereocenters. The minimum absolute atomic E-state index is 0.0816. The van der Waals surface area contributed by atoms with Gasteiger partial charge in [-0.2, -0.15) is 0 Å². The minimum Gasteiger partial charge on any atom is -0.398 e. The van der Waals surface area contributed by atoms with E-state index < -0.39 is 9.84 Å². The standard InChI is InChI=1S/C22H28N2O2S/c1-17(15-19-7-6-13-24(19)2)21-16-18(10-11-22(21)23)12-14-27(25,26)20-8-4-3-5-9-20/h3-5,8-11,16,19H,1,6-7,12-15,23H2,2H3/t19-/m1/s1. The van der Waals surface area contributed by atoms with Gasteiger partial charge in [-0.3, -0.25) is 0 Å². The first-order chi connectivity index (χ1) is 12.9. The quantitative estimate of drug-likeness (QED) is 0.738. The summed E-state index contributed by atoms with van der Waals surface area (Å²) >= 11 is 0. The minimum atomic E-state index is -3.29. The van der Waals surface area contributed by atoms with Crippen molar-refractivity contribution >= 4 is 21.1 Å². The summed E-state index contributed by atoms with van der Waals surface area (Å²) in [6.07, 6.45) is 3.76. The SMILES string of the molecule is C=C(C[C@H]1CCCN1C)c1cc(CCS(=O)(=O)c2ccccc2)ccc1N. The molecule has 0 aliphatic carbocycles. The summed E-state index contributed by atoms with van der Waals surface area (Å²) in [5.41, 5.74) is 9.83. The van der Waals surface area contributed by atoms with Crippen molar-refractivity contribution in [3.8, 4) is 0 Å². The number of nitrogens with two attached hydrogens (primary N) is 1. The molecule has 2 N–H and O–H groups in total. The van der Waals surface area contributed by atoms with Crippen LogP contribution in [0, 0.1) is 0 Å². The molecule has 1 aliphatic heterocycles. The highest BCUT2D eigenvalue weighted by atomic mass is 32.2. The smallest absolute Gasteiger partial charge is 0.178 e. The monoisotopic (exact) mass is 384 g/mol. The Morgan fingerprint density at radius 3 is 2.63 bits per heavy atom. The zero-order chi connectivity index (χ0) is 19.4. The highest BCUT2D eigenvalue weighted by molar-refractivity contribution is 7.91. The van der Waals surface area contributed by atoms with Crippen LogP contribution >= 0.6 is 0 Å². The summed E-state index contributed by atoms with van der Waals surface area (Å²) in [4.78, 5) is 2.74. The molecule has 2 aromatic rings. The Kier molecular flexibility index (Phi) is 6.02. The maximum atomic E-state index is 12.5. The molecular formula is C22H28N2O2S. The molecule has 1 fully saturated rings. The van der Waals surface area contributed by atoms with E-state index in [1.54, 1.807) is 24.3 Å². The first-order valence-corrected chi connectivity index (χ1v) is 11.1. The molecule has 2 aromatic carbocycles. The Bertz CT molecular complexity index is 907. The zero-order valence-corrected chi connectivity index (χ0v) is 16.7. The third kappa shape index (κ3) is 4.79. The first kappa shape index (κ1) is 19.6. The molecule has 0 spiro atoms. The van der Waals surface area contributed by atoms with Crippen molar-refractivity contribution in [2.24, 2.45) is 0 Å². The topological polar surface area (TPSA) is 63.4 Å². The number of nitrogen functional groups attached to an aromatic ring is 1. The van der Waals surface area contributed by atoms with Crippen LogP contribution in [0.3, 0.4) is 0 Å². The van der Waals surface area contributed by atoms with E-state index in [1.165, 1.54) is 12.8 Å². The van der Waals surface area contributed by atoms with Gasteiger partial charge in [-0.25, -0.2) is 8.42 Å². The summed E-state index contributed by atoms with van der Waals surface area (Å²) in [6, 6.07) is 14.9. The highest BCUT2D eigenvalue weighted by Crippen LogP contribution is 2.30. The molecule has 4 nitrogen and oxygen atoms in total. The van der Waals surface area contributed by atoms with E-state index in [0.29, 0.717) is 23.0 Å². The van der Waals surface area contributed by atoms with Crippen molar-refractivity contribution < 1.29 is 8.42 Å². The number of nitrogens with zero attached hydrogens (tertiary/aromatic N) is 1. The van der Waals surface area contributed by atoms with Crippen LogP contribution in [0.4, 0.5) is 5.69 Å². The number of hydrogen-bond donors (Lipinski definition) is 1. The third-order valence-electron chi connectivity index (χ3n) is 5.41. The lowest BCUT2D eigenvalue weighted by Crippen LogP contribution is -2.24. The van der Waals surface area contributed by atoms with E-state index in [1.807, 2.05) is 24.3 Å². The predicted octanol–water partition coefficient (Wildman–Crippen LogP) is 3.78. The van der Waals surface area contributed by atoms with Gasteiger partial charge in [0.2, 0.25) is 0 Å². The van der Waals surface area contributed by atoms with Crippen LogP contribution < -0.4 is 5.73 Å². The number of likely N-dealkylation sites (tertiary alicyclic amines) is 1. The molecule has 27 heavy (non-hydrogen) atoms. The second kappa shape index (κ2) is 8.28. The zero-order valence-electron chi connectivity index (χ0n) is 15.9. The van der Waals surface area contributed by atoms with Crippen LogP contribution in [-0.4, -0.2) is 38.7 Å². The highest BCUT2D eigenvalue weighted by Gasteiger charge is 2.22. The van der Waals surface area contributed by atoms with Gasteiger partial charge in [0.15, 0.2) is 9.84 Å². The molecule has 0 bridgehead atoms. The van der Waals surface area contributed by atoms with Crippen molar-refractivity contribution in [1.29, 1.82) is 0 Å². The largest absolute Gasteiger partial charge is 0.398 e. The van der Waals surface area contributed by atoms with Crippen molar-refractivity contribution in [3.05, 3.63) is 66.2 Å². The molecule has 5 heteroatoms. The Morgan fingerprint density at radius 2 is 1.96 bits per heavy atom. The maximum Gasteiger partial charge on any atom is 0.178 e. The number of aryl methyl sites for hydroxylation is 1. The van der Waals surface area contributed by atoms with Gasteiger partial charge < -0.3 is 10.6 Å². The Morgan fingerprint density at radius 1 is 1.22 bits per heavy atom. The fourth-order valence-corrected chi connectivity index (χ4v) is 5.01. The summed E-state index contributed by atoms with van der Waals surface area (Å²) in [5.74, 6) is 0.0816. The molecule has 1 aliphatic rings. The molecule has 1 saturated heterocycles. The van der Waals surface area contributed by atoms with Gasteiger partial charge in [-0.15, -0.1) is 0 Å². The maximum absolute atomic E-state index is 12.5. The van der Waals surface area contributed by atoms with Gasteiger partial charge >= 0.3 is 0 Å². The van der Waals surface area contributed by atoms with Gasteiger partial charge in [0, 0.05) is 17.3 Å². The lowest BCUT2D eigenvalue weighted by Gasteiger charge is -2.21. The van der Waals surface area contributed by atoms with Crippen molar-refractivity contribution in [1.82, 2.24) is 4.90 Å². The average Bonchev–Trinajstić information content (AvgIpc) is 3.06. The molecule has 0 amide bonds. The van der Waals surface area contributed by atoms with Gasteiger partial charge in [-0.1, -0.05) is 30.8 Å². The molecule has 1 heterocycles. The molecule has 1 atom stereocenters. The summed E-state index contributed by atoms with van der Waals surface area (Å²) in [7, 11) is -1.14. The Labute approximate surface area is 162 Å². The predicted molar refractivity (Wildman–Crippen MR) is 112 cm³/mol. The van der Waals surface area contributed by atoms with Crippen LogP contribution in [0.5, 0.6) is 0 Å². The number of anilines is 1. The molecular weight excluding hydrogens is 356 g/mol. The number of sulfone groups is 1. The van der Waals surface area contributed by atoms with Crippen LogP contribution in [0.1, 0.15) is 30.4 Å². The molecule has 144 valence electrons. The second-order valence-electron chi connectivity index (χ2n) is 7.39. The van der Waals surface area contributed by atoms with Crippen LogP contribution in [0.15, 0.2) is 60.0 Å². The molecule has 0 radical (unpaired) electrons. The fourth-order valence-electron chi connectivity index (χ4n) is 3.69. The van der Waals surface area contributed by atoms with E-state index in [9.17, 15) is 8.42 Å². The number of benzene rings is 2. The van der Waals surface area contributed by atoms with Gasteiger partial charge in [0.25, 0.3) is 0 Å². The number of hydrogen-bond acceptors (Lipinski definition) is 4. The van der Waals surface area contributed by atoms with Crippen LogP contribution in [0.2, 0.25) is 0 Å². The summed E-state index contributed by atoms with van der Waals surface area (Å²) in [5, 5.41) is 0. The average molecular weight is 385 g/mol. The van der Waals surface area contributed by atoms with Gasteiger partial charge in [0.1, 0.15) is 0 Å². The third-order valence-corrected chi connectivity index (χ3v) is 7.15. The van der Waals surface area contributed by atoms with Crippen molar-refractivity contribution in [2.45, 2.75) is 36.6 Å². The normalized spacial score (nSPS) is 17.9. The number of rotatable bonds is 7. The van der Waals surface area contributed by atoms with Crippen molar-refractivity contribution in [2.75, 3.05) is 25.1 Å². The fraction of sp³-hybridized carbons (Fsp3) is 0.364. The second-order valence-corrected chi connectivity index (χ2v) is 9.50. The summed E-state index contributed by atoms with van der Waals surface area (Å²) in [6.45, 7) is 5.39. The summed E-state index contributed by atoms with van der Waals surface area (Å²) < 4.78 is 25.0. The van der Waals surface area contributed by atoms with Crippen LogP contribution in [0.25, 0.3) is 5.57 Å². The molecule has 3 rings (SSSR count). The van der Waals surface area contributed by atoms with Gasteiger partial charge in [0.05, 0.1) is 10.6 Å². The van der Waals surface area contributed by atoms with E-state index in [0.717, 1.165) is 29.7 Å². The first-order valence-electron chi connectivity index (χ1n) is 9.41. The van der Waals surface area contributed by atoms with E-state index in [2.05, 4.69) is 18.5 Å². The van der Waals surface area contributed by atoms with Gasteiger partial charge in [-0.05, 0) is 74.7 Å². The molecule has 0 aromatic heterocycles. The lowest BCUT2D eigenvalue weighted by atomic mass is 9.95.